The third-order valence-electron chi connectivity index (χ3n) is 21.1. The quantitative estimate of drug-likeness (QED) is 0.0210. The van der Waals surface area contributed by atoms with Crippen molar-refractivity contribution in [3.05, 3.63) is 130 Å². The van der Waals surface area contributed by atoms with Gasteiger partial charge in [0.1, 0.15) is 109 Å². The second-order valence-electron chi connectivity index (χ2n) is 28.9. The molecule has 15 heterocycles. The summed E-state index contributed by atoms with van der Waals surface area (Å²) in [5.41, 5.74) is 17.3. The summed E-state index contributed by atoms with van der Waals surface area (Å²) in [6.07, 6.45) is -36.2. The molecule has 30 atom stereocenters. The van der Waals surface area contributed by atoms with Crippen LogP contribution in [0, 0.1) is 11.8 Å². The van der Waals surface area contributed by atoms with E-state index in [1.54, 1.807) is 11.5 Å². The molecule has 6 saturated heterocycles. The number of aromatic nitrogens is 16. The molecule has 8 aromatic heterocycles. The van der Waals surface area contributed by atoms with Crippen LogP contribution < -0.4 is 62.0 Å². The van der Waals surface area contributed by atoms with Crippen LogP contribution in [0.4, 0.5) is 36.6 Å². The molecular formula is C61H78F3N22O34P5. The number of hydrogen-bond acceptors (Lipinski definition) is 42. The first kappa shape index (κ1) is 91.0. The van der Waals surface area contributed by atoms with Crippen molar-refractivity contribution < 1.29 is 144 Å². The average molecular weight is 1880 g/mol. The number of halogens is 3. The monoisotopic (exact) mass is 1870 g/mol. The number of anilines is 4. The van der Waals surface area contributed by atoms with Crippen molar-refractivity contribution in [3.63, 3.8) is 0 Å². The van der Waals surface area contributed by atoms with E-state index in [9.17, 15) is 76.1 Å². The number of imidazole rings is 3. The standard InChI is InChI=1S/C61H78F3N22O34P5/c1-22-23(2)52(84-19-73-36-46(66)69-17-71-48(36)84)111-25(22)12-105-124(99,100)119-42-28(114-56(44(42)103-4)85-20-74-37-47(67)70-18-72-49(37)85)16-109-125(101,102)120-43-29(115-57(45(43)104-5)86-21-75-38-50(86)79-58(68)80-51(38)89)15-108-123(97,98)118-41-27(113-55(35(41)64)83-11-8-32(88)78-61(83)92)14-107-122(95,96)117-40-26(112-54(34(40)63)81-9-6-30(65)76-59(81)90)13-106-121(93,94)116-39-24(3)110-53(33(39)62)82-10-7-31(87)77-60(82)91/h6-11,17-29,33-35,39-45,47,52-57H,12-16,67H2,1-5H3,(H,70,72)(H,93,94)(H,95,96)(H,97,98)(H,99,100)(H,101,102)(H2,65,76,90)(H2,66,69,71)(H,77,87,91)(H,78,88,92)(H3,68,79,80,89)/t22?,23-,24+,25+,26+,27+,28+,29+,33-,34-,35-,39?,40?,41?,42?,43?,44-,45-,47?,52+,53+,54+,55+,56+,57+/m0/s1. The Bertz CT molecular complexity index is 6030. The number of fused-ring (bicyclic) bond motifs is 3. The number of alkyl halides is 3. The lowest BCUT2D eigenvalue weighted by Gasteiger charge is -2.28. The summed E-state index contributed by atoms with van der Waals surface area (Å²) in [5, 5.41) is 2.89. The molecule has 17 N–H and O–H groups in total. The van der Waals surface area contributed by atoms with Crippen molar-refractivity contribution in [1.82, 2.24) is 77.2 Å². The molecule has 8 aromatic rings. The Morgan fingerprint density at radius 1 is 0.464 bits per heavy atom. The molecule has 0 radical (unpaired) electrons. The zero-order valence-corrected chi connectivity index (χ0v) is 69.3. The van der Waals surface area contributed by atoms with E-state index in [0.29, 0.717) is 37.1 Å². The summed E-state index contributed by atoms with van der Waals surface area (Å²) in [5.74, 6) is -1.25. The van der Waals surface area contributed by atoms with E-state index < -0.39 is 253 Å². The number of aliphatic imine (C=N–C) groups is 1. The molecule has 7 aliphatic rings. The number of hydrogen-bond donors (Lipinski definition) is 13. The Morgan fingerprint density at radius 3 is 1.42 bits per heavy atom. The van der Waals surface area contributed by atoms with Crippen molar-refractivity contribution >= 4 is 91.2 Å². The lowest BCUT2D eigenvalue weighted by atomic mass is 9.93. The van der Waals surface area contributed by atoms with Gasteiger partial charge in [0.05, 0.1) is 70.6 Å². The molecule has 0 aliphatic carbocycles. The zero-order chi connectivity index (χ0) is 89.6. The Labute approximate surface area is 694 Å². The maximum Gasteiger partial charge on any atom is 0.472 e. The van der Waals surface area contributed by atoms with Gasteiger partial charge in [0.2, 0.25) is 5.95 Å². The maximum atomic E-state index is 17.3. The van der Waals surface area contributed by atoms with Crippen molar-refractivity contribution in [2.45, 2.75) is 162 Å². The summed E-state index contributed by atoms with van der Waals surface area (Å²) in [7, 11) is -26.8. The summed E-state index contributed by atoms with van der Waals surface area (Å²) in [4.78, 5) is 172. The molecule has 682 valence electrons. The fraction of sp³-hybridized carbons (Fsp3) is 0.574. The molecule has 0 saturated carbocycles. The van der Waals surface area contributed by atoms with Crippen LogP contribution in [-0.4, -0.2) is 253 Å². The van der Waals surface area contributed by atoms with E-state index in [4.69, 9.17) is 106 Å². The molecule has 0 spiro atoms. The number of phosphoric acid groups is 5. The number of ether oxygens (including phenoxy) is 8. The highest BCUT2D eigenvalue weighted by Crippen LogP contribution is 2.58. The number of H-pyrrole nitrogens is 3. The van der Waals surface area contributed by atoms with Gasteiger partial charge in [-0.15, -0.1) is 0 Å². The van der Waals surface area contributed by atoms with Gasteiger partial charge < -0.3 is 90.6 Å². The number of nitrogens with two attached hydrogens (primary N) is 4. The predicted octanol–water partition coefficient (Wildman–Crippen LogP) is -1.40. The van der Waals surface area contributed by atoms with Gasteiger partial charge in [-0.2, -0.15) is 9.97 Å². The van der Waals surface area contributed by atoms with Crippen molar-refractivity contribution in [2.75, 3.05) is 69.8 Å². The minimum Gasteiger partial charge on any atom is -0.383 e. The molecule has 64 heteroatoms. The Hall–Kier alpha value is -8.80. The SMILES string of the molecule is CO[C@H]1C(OP(=O)(O)OC[C@H]2O[C@@H](n3cnc4c(N)ncnc43)[C@@H](C)C2C)[C@@H](COP(=O)(O)OC2[C@@H](COP(=O)(O)OC3[C@@H](COP(=O)(O)OC4[C@@H](COP(=O)(O)OC5[C@@H](C)O[C@@H](n6ccc(=O)[nH]c6=O)[C@H]5F)O[C@@H](n5ccc(N)nc5=O)[C@H]4F)O[C@@H](n4ccc(=O)[nH]c4=O)[C@H]3F)O[C@@H](n3cnc4c(=O)[nH]c(N)nc43)[C@H]2OC)O[C@H]1n1cnc2c1NC=NC2N. The van der Waals surface area contributed by atoms with Gasteiger partial charge in [-0.05, 0) is 18.9 Å². The molecule has 125 heavy (non-hydrogen) atoms. The second-order valence-corrected chi connectivity index (χ2v) is 35.9. The lowest BCUT2D eigenvalue weighted by Crippen LogP contribution is -2.39. The van der Waals surface area contributed by atoms with Crippen LogP contribution in [0.5, 0.6) is 0 Å². The van der Waals surface area contributed by atoms with Crippen LogP contribution in [-0.2, 0) is 106 Å². The maximum absolute atomic E-state index is 17.3. The van der Waals surface area contributed by atoms with Gasteiger partial charge in [0.15, 0.2) is 72.3 Å². The van der Waals surface area contributed by atoms with E-state index in [1.165, 1.54) is 29.9 Å². The van der Waals surface area contributed by atoms with Crippen molar-refractivity contribution in [3.8, 4) is 0 Å². The number of aromatic amines is 3. The predicted molar refractivity (Wildman–Crippen MR) is 406 cm³/mol. The molecule has 15 rings (SSSR count). The van der Waals surface area contributed by atoms with Gasteiger partial charge in [0, 0.05) is 50.9 Å². The molecule has 0 bridgehead atoms. The van der Waals surface area contributed by atoms with Gasteiger partial charge in [-0.3, -0.25) is 107 Å². The van der Waals surface area contributed by atoms with Crippen LogP contribution >= 0.6 is 39.1 Å². The summed E-state index contributed by atoms with van der Waals surface area (Å²) >= 11 is 0. The topological polar surface area (TPSA) is 751 Å². The van der Waals surface area contributed by atoms with Crippen LogP contribution in [0.1, 0.15) is 70.0 Å². The van der Waals surface area contributed by atoms with E-state index in [2.05, 4.69) is 50.2 Å². The largest absolute Gasteiger partial charge is 0.472 e. The number of rotatable bonds is 33. The normalized spacial score (nSPS) is 33.5. The average Bonchev–Trinajstić information content (AvgIpc) is 1.61. The minimum atomic E-state index is -6.07. The third-order valence-corrected chi connectivity index (χ3v) is 26.0. The zero-order valence-electron chi connectivity index (χ0n) is 64.8. The molecule has 7 aliphatic heterocycles. The molecule has 6 fully saturated rings. The van der Waals surface area contributed by atoms with E-state index in [1.807, 2.05) is 16.9 Å². The lowest BCUT2D eigenvalue weighted by molar-refractivity contribution is -0.0658. The van der Waals surface area contributed by atoms with Gasteiger partial charge in [0.25, 0.3) is 16.7 Å². The third kappa shape index (κ3) is 18.8. The molecule has 12 unspecified atom stereocenters. The van der Waals surface area contributed by atoms with E-state index in [0.717, 1.165) is 56.6 Å². The van der Waals surface area contributed by atoms with Crippen molar-refractivity contribution in [2.24, 2.45) is 22.6 Å². The first-order valence-electron chi connectivity index (χ1n) is 37.0. The Kier molecular flexibility index (Phi) is 26.0. The fourth-order valence-electron chi connectivity index (χ4n) is 14.9. The number of nitrogens with zero attached hydrogens (tertiary/aromatic N) is 14. The number of methoxy groups -OCH3 is 2. The summed E-state index contributed by atoms with van der Waals surface area (Å²) in [6.45, 7) is -1.26. The van der Waals surface area contributed by atoms with Crippen molar-refractivity contribution in [1.29, 1.82) is 0 Å². The van der Waals surface area contributed by atoms with Gasteiger partial charge in [-0.25, -0.2) is 75.3 Å². The van der Waals surface area contributed by atoms with Crippen LogP contribution in [0.3, 0.4) is 0 Å². The number of nitrogens with one attached hydrogen (secondary N) is 4. The van der Waals surface area contributed by atoms with Crippen LogP contribution in [0.2, 0.25) is 0 Å². The number of phosphoric ester groups is 5. The Morgan fingerprint density at radius 2 is 0.896 bits per heavy atom. The first-order valence-corrected chi connectivity index (χ1v) is 44.5. The number of nitrogen functional groups attached to an aromatic ring is 3. The first-order chi connectivity index (χ1) is 59.1. The molecule has 0 aromatic carbocycles. The highest BCUT2D eigenvalue weighted by Gasteiger charge is 2.59. The molecular weight excluding hydrogens is 1800 g/mol. The Balaban J connectivity index is 0.663. The van der Waals surface area contributed by atoms with E-state index >= 15 is 13.2 Å². The summed E-state index contributed by atoms with van der Waals surface area (Å²) in [6, 6.07) is 2.53. The molecule has 56 nitrogen and oxygen atoms in total. The summed E-state index contributed by atoms with van der Waals surface area (Å²) < 4.78 is 229. The van der Waals surface area contributed by atoms with E-state index in [-0.39, 0.29) is 46.1 Å². The van der Waals surface area contributed by atoms with Crippen LogP contribution in [0.25, 0.3) is 22.3 Å². The smallest absolute Gasteiger partial charge is 0.383 e. The second kappa shape index (κ2) is 35.7. The molecule has 0 amide bonds. The van der Waals surface area contributed by atoms with Gasteiger partial charge in [-0.1, -0.05) is 13.8 Å². The highest BCUT2D eigenvalue weighted by atomic mass is 31.2. The fourth-order valence-corrected chi connectivity index (χ4v) is 19.8. The highest BCUT2D eigenvalue weighted by molar-refractivity contribution is 7.48. The van der Waals surface area contributed by atoms with Crippen LogP contribution in [0.15, 0.2) is 95.9 Å². The minimum absolute atomic E-state index is 0.104. The van der Waals surface area contributed by atoms with Gasteiger partial charge >= 0.3 is 56.2 Å².